The van der Waals surface area contributed by atoms with Gasteiger partial charge in [0.05, 0.1) is 7.11 Å². The number of amides is 2. The first-order valence-electron chi connectivity index (χ1n) is 6.71. The minimum absolute atomic E-state index is 0.0715. The third kappa shape index (κ3) is 2.58. The Kier molecular flexibility index (Phi) is 3.55. The molecule has 1 saturated heterocycles. The zero-order valence-electron chi connectivity index (χ0n) is 11.7. The molecule has 2 aliphatic rings. The second kappa shape index (κ2) is 5.51. The molecule has 7 nitrogen and oxygen atoms in total. The van der Waals surface area contributed by atoms with Crippen LogP contribution >= 0.6 is 0 Å². The largest absolute Gasteiger partial charge is 0.454 e. The average Bonchev–Trinajstić information content (AvgIpc) is 3.01. The molecule has 0 radical (unpaired) electrons. The Bertz CT molecular complexity index is 566. The Hall–Kier alpha value is -2.44. The van der Waals surface area contributed by atoms with Crippen LogP contribution in [-0.2, 0) is 4.74 Å². The Balaban J connectivity index is 1.65. The Labute approximate surface area is 122 Å². The van der Waals surface area contributed by atoms with Crippen molar-refractivity contribution in [1.82, 2.24) is 9.80 Å². The van der Waals surface area contributed by atoms with Crippen molar-refractivity contribution >= 4 is 12.0 Å². The monoisotopic (exact) mass is 292 g/mol. The van der Waals surface area contributed by atoms with Crippen molar-refractivity contribution in [3.05, 3.63) is 23.8 Å². The summed E-state index contributed by atoms with van der Waals surface area (Å²) in [6.07, 6.45) is -0.356. The van der Waals surface area contributed by atoms with E-state index in [-0.39, 0.29) is 18.8 Å². The molecule has 0 aromatic heterocycles. The van der Waals surface area contributed by atoms with Crippen LogP contribution in [0.25, 0.3) is 0 Å². The van der Waals surface area contributed by atoms with Gasteiger partial charge in [-0.3, -0.25) is 4.79 Å². The maximum absolute atomic E-state index is 12.4. The number of hydrogen-bond donors (Lipinski definition) is 0. The topological polar surface area (TPSA) is 68.3 Å². The summed E-state index contributed by atoms with van der Waals surface area (Å²) in [6, 6.07) is 5.15. The van der Waals surface area contributed by atoms with Crippen LogP contribution in [0.5, 0.6) is 11.5 Å². The molecule has 2 amide bonds. The molecule has 0 N–H and O–H groups in total. The average molecular weight is 292 g/mol. The number of rotatable bonds is 1. The van der Waals surface area contributed by atoms with E-state index in [1.165, 1.54) is 7.11 Å². The highest BCUT2D eigenvalue weighted by atomic mass is 16.7. The van der Waals surface area contributed by atoms with Gasteiger partial charge >= 0.3 is 6.09 Å². The molecule has 0 spiro atoms. The summed E-state index contributed by atoms with van der Waals surface area (Å²) in [6.45, 7) is 2.11. The molecule has 0 unspecified atom stereocenters. The molecule has 2 aliphatic heterocycles. The maximum Gasteiger partial charge on any atom is 0.409 e. The molecule has 0 aliphatic carbocycles. The van der Waals surface area contributed by atoms with Gasteiger partial charge in [0.25, 0.3) is 5.91 Å². The molecular weight excluding hydrogens is 276 g/mol. The number of ether oxygens (including phenoxy) is 3. The second-order valence-electron chi connectivity index (χ2n) is 4.82. The van der Waals surface area contributed by atoms with Crippen molar-refractivity contribution in [3.63, 3.8) is 0 Å². The van der Waals surface area contributed by atoms with E-state index < -0.39 is 0 Å². The fourth-order valence-corrected chi connectivity index (χ4v) is 2.43. The quantitative estimate of drug-likeness (QED) is 0.770. The van der Waals surface area contributed by atoms with Crippen molar-refractivity contribution in [3.8, 4) is 11.5 Å². The number of benzene rings is 1. The van der Waals surface area contributed by atoms with Gasteiger partial charge in [-0.2, -0.15) is 0 Å². The smallest absolute Gasteiger partial charge is 0.409 e. The number of nitrogens with zero attached hydrogens (tertiary/aromatic N) is 2. The zero-order chi connectivity index (χ0) is 14.8. The van der Waals surface area contributed by atoms with E-state index >= 15 is 0 Å². The van der Waals surface area contributed by atoms with Crippen LogP contribution in [-0.4, -0.2) is 61.9 Å². The van der Waals surface area contributed by atoms with Crippen LogP contribution in [0.15, 0.2) is 18.2 Å². The fraction of sp³-hybridized carbons (Fsp3) is 0.429. The first kappa shape index (κ1) is 13.5. The highest BCUT2D eigenvalue weighted by Gasteiger charge is 2.26. The molecule has 0 bridgehead atoms. The van der Waals surface area contributed by atoms with E-state index in [2.05, 4.69) is 4.74 Å². The first-order chi connectivity index (χ1) is 10.2. The lowest BCUT2D eigenvalue weighted by atomic mass is 10.1. The Morgan fingerprint density at radius 3 is 2.43 bits per heavy atom. The summed E-state index contributed by atoms with van der Waals surface area (Å²) in [5.41, 5.74) is 0.561. The Morgan fingerprint density at radius 1 is 1.05 bits per heavy atom. The van der Waals surface area contributed by atoms with Crippen molar-refractivity contribution in [2.45, 2.75) is 0 Å². The van der Waals surface area contributed by atoms with Crippen molar-refractivity contribution in [1.29, 1.82) is 0 Å². The highest BCUT2D eigenvalue weighted by Crippen LogP contribution is 2.32. The van der Waals surface area contributed by atoms with Gasteiger partial charge in [0, 0.05) is 31.7 Å². The molecule has 1 aromatic rings. The van der Waals surface area contributed by atoms with Crippen LogP contribution in [0.1, 0.15) is 10.4 Å². The van der Waals surface area contributed by atoms with Crippen LogP contribution in [0.3, 0.4) is 0 Å². The number of fused-ring (bicyclic) bond motifs is 1. The van der Waals surface area contributed by atoms with E-state index in [0.717, 1.165) is 0 Å². The van der Waals surface area contributed by atoms with Gasteiger partial charge in [0.1, 0.15) is 0 Å². The summed E-state index contributed by atoms with van der Waals surface area (Å²) in [4.78, 5) is 27.2. The number of carbonyl (C=O) groups excluding carboxylic acids is 2. The van der Waals surface area contributed by atoms with Crippen molar-refractivity contribution in [2.75, 3.05) is 40.1 Å². The Morgan fingerprint density at radius 2 is 1.71 bits per heavy atom. The van der Waals surface area contributed by atoms with Crippen LogP contribution < -0.4 is 9.47 Å². The van der Waals surface area contributed by atoms with Gasteiger partial charge in [-0.15, -0.1) is 0 Å². The standard InChI is InChI=1S/C14H16N2O5/c1-19-14(18)16-6-4-15(5-7-16)13(17)10-2-3-11-12(8-10)21-9-20-11/h2-3,8H,4-7,9H2,1H3. The second-order valence-corrected chi connectivity index (χ2v) is 4.82. The number of piperazine rings is 1. The summed E-state index contributed by atoms with van der Waals surface area (Å²) < 4.78 is 15.2. The van der Waals surface area contributed by atoms with Gasteiger partial charge in [-0.1, -0.05) is 0 Å². The molecule has 7 heteroatoms. The lowest BCUT2D eigenvalue weighted by Crippen LogP contribution is -2.50. The molecule has 1 aromatic carbocycles. The molecule has 112 valence electrons. The number of methoxy groups -OCH3 is 1. The van der Waals surface area contributed by atoms with Crippen LogP contribution in [0.2, 0.25) is 0 Å². The molecule has 2 heterocycles. The summed E-state index contributed by atoms with van der Waals surface area (Å²) in [5.74, 6) is 1.17. The van der Waals surface area contributed by atoms with E-state index in [9.17, 15) is 9.59 Å². The molecule has 1 fully saturated rings. The summed E-state index contributed by atoms with van der Waals surface area (Å²) in [7, 11) is 1.35. The first-order valence-corrected chi connectivity index (χ1v) is 6.71. The lowest BCUT2D eigenvalue weighted by Gasteiger charge is -2.33. The van der Waals surface area contributed by atoms with Gasteiger partial charge < -0.3 is 24.0 Å². The van der Waals surface area contributed by atoms with E-state index in [1.54, 1.807) is 28.0 Å². The molecule has 21 heavy (non-hydrogen) atoms. The highest BCUT2D eigenvalue weighted by molar-refractivity contribution is 5.95. The minimum atomic E-state index is -0.356. The molecule has 3 rings (SSSR count). The fourth-order valence-electron chi connectivity index (χ4n) is 2.43. The van der Waals surface area contributed by atoms with Crippen molar-refractivity contribution < 1.29 is 23.8 Å². The summed E-state index contributed by atoms with van der Waals surface area (Å²) in [5, 5.41) is 0. The SMILES string of the molecule is COC(=O)N1CCN(C(=O)c2ccc3c(c2)OCO3)CC1. The van der Waals surface area contributed by atoms with Gasteiger partial charge in [0.2, 0.25) is 6.79 Å². The summed E-state index contributed by atoms with van der Waals surface area (Å²) >= 11 is 0. The normalized spacial score (nSPS) is 16.8. The van der Waals surface area contributed by atoms with Crippen molar-refractivity contribution in [2.24, 2.45) is 0 Å². The lowest BCUT2D eigenvalue weighted by molar-refractivity contribution is 0.0599. The van der Waals surface area contributed by atoms with E-state index in [1.807, 2.05) is 0 Å². The van der Waals surface area contributed by atoms with Gasteiger partial charge in [-0.05, 0) is 18.2 Å². The third-order valence-electron chi connectivity index (χ3n) is 3.62. The van der Waals surface area contributed by atoms with Crippen LogP contribution in [0.4, 0.5) is 4.79 Å². The molecule has 0 atom stereocenters. The molecule has 0 saturated carbocycles. The third-order valence-corrected chi connectivity index (χ3v) is 3.62. The molecular formula is C14H16N2O5. The predicted octanol–water partition coefficient (Wildman–Crippen LogP) is 0.940. The number of hydrogen-bond acceptors (Lipinski definition) is 5. The predicted molar refractivity (Wildman–Crippen MR) is 72.4 cm³/mol. The maximum atomic E-state index is 12.4. The van der Waals surface area contributed by atoms with E-state index in [4.69, 9.17) is 9.47 Å². The van der Waals surface area contributed by atoms with Gasteiger partial charge in [0.15, 0.2) is 11.5 Å². The number of carbonyl (C=O) groups is 2. The van der Waals surface area contributed by atoms with Gasteiger partial charge in [-0.25, -0.2) is 4.79 Å². The minimum Gasteiger partial charge on any atom is -0.454 e. The van der Waals surface area contributed by atoms with Crippen LogP contribution in [0, 0.1) is 0 Å². The van der Waals surface area contributed by atoms with E-state index in [0.29, 0.717) is 43.2 Å². The zero-order valence-corrected chi connectivity index (χ0v) is 11.7.